The number of nitrogens with one attached hydrogen (secondary N) is 1. The molecule has 2 rings (SSSR count). The molecule has 1 unspecified atom stereocenters. The van der Waals surface area contributed by atoms with Gasteiger partial charge in [0.15, 0.2) is 0 Å². The SMILES string of the molecule is COC1=CC(OC)CC=C1CN1CC=C(CCC(=O)NO)C1=O. The molecule has 0 saturated carbocycles. The minimum Gasteiger partial charge on any atom is -0.497 e. The van der Waals surface area contributed by atoms with Gasteiger partial charge in [0.1, 0.15) is 5.76 Å². The van der Waals surface area contributed by atoms with E-state index < -0.39 is 5.91 Å². The van der Waals surface area contributed by atoms with E-state index in [4.69, 9.17) is 14.7 Å². The first-order chi connectivity index (χ1) is 11.1. The van der Waals surface area contributed by atoms with Gasteiger partial charge in [-0.25, -0.2) is 5.48 Å². The van der Waals surface area contributed by atoms with Gasteiger partial charge >= 0.3 is 0 Å². The number of nitrogens with zero attached hydrogens (tertiary/aromatic N) is 1. The molecule has 0 bridgehead atoms. The lowest BCUT2D eigenvalue weighted by Crippen LogP contribution is -2.31. The van der Waals surface area contributed by atoms with Gasteiger partial charge in [-0.3, -0.25) is 14.8 Å². The van der Waals surface area contributed by atoms with Crippen molar-refractivity contribution in [2.24, 2.45) is 0 Å². The van der Waals surface area contributed by atoms with Gasteiger partial charge in [-0.15, -0.1) is 0 Å². The molecular formula is C16H22N2O5. The van der Waals surface area contributed by atoms with Gasteiger partial charge < -0.3 is 14.4 Å². The van der Waals surface area contributed by atoms with E-state index in [1.165, 1.54) is 0 Å². The maximum Gasteiger partial charge on any atom is 0.250 e. The van der Waals surface area contributed by atoms with Crippen LogP contribution in [0.3, 0.4) is 0 Å². The van der Waals surface area contributed by atoms with Crippen molar-refractivity contribution in [2.45, 2.75) is 25.4 Å². The zero-order valence-electron chi connectivity index (χ0n) is 13.4. The summed E-state index contributed by atoms with van der Waals surface area (Å²) in [5.74, 6) is 0.146. The fourth-order valence-corrected chi connectivity index (χ4v) is 2.66. The normalized spacial score (nSPS) is 20.8. The van der Waals surface area contributed by atoms with Crippen LogP contribution in [0.5, 0.6) is 0 Å². The van der Waals surface area contributed by atoms with Gasteiger partial charge in [0.05, 0.1) is 13.2 Å². The van der Waals surface area contributed by atoms with Crippen LogP contribution in [0.2, 0.25) is 0 Å². The molecule has 2 aliphatic rings. The Balaban J connectivity index is 1.93. The molecule has 0 fully saturated rings. The lowest BCUT2D eigenvalue weighted by atomic mass is 10.0. The first kappa shape index (κ1) is 17.2. The highest BCUT2D eigenvalue weighted by Gasteiger charge is 2.26. The van der Waals surface area contributed by atoms with Gasteiger partial charge in [-0.1, -0.05) is 12.2 Å². The standard InChI is InChI=1S/C16H22N2O5/c1-22-13-5-3-12(14(9-13)23-2)10-18-8-7-11(16(18)20)4-6-15(19)17-21/h3,7,9,13,21H,4-6,8,10H2,1-2H3,(H,17,19). The fraction of sp³-hybridized carbons (Fsp3) is 0.500. The van der Waals surface area contributed by atoms with E-state index in [1.807, 2.05) is 18.2 Å². The molecule has 126 valence electrons. The molecule has 0 aromatic carbocycles. The number of ether oxygens (including phenoxy) is 2. The van der Waals surface area contributed by atoms with Crippen molar-refractivity contribution in [3.8, 4) is 0 Å². The number of hydroxylamine groups is 1. The van der Waals surface area contributed by atoms with E-state index in [2.05, 4.69) is 0 Å². The van der Waals surface area contributed by atoms with Crippen LogP contribution in [0.1, 0.15) is 19.3 Å². The molecular weight excluding hydrogens is 300 g/mol. The highest BCUT2D eigenvalue weighted by Crippen LogP contribution is 2.24. The third kappa shape index (κ3) is 4.20. The highest BCUT2D eigenvalue weighted by atomic mass is 16.5. The van der Waals surface area contributed by atoms with Crippen molar-refractivity contribution in [3.05, 3.63) is 35.1 Å². The summed E-state index contributed by atoms with van der Waals surface area (Å²) in [7, 11) is 3.25. The van der Waals surface area contributed by atoms with Crippen LogP contribution in [0.15, 0.2) is 35.1 Å². The number of hydrogen-bond acceptors (Lipinski definition) is 5. The summed E-state index contributed by atoms with van der Waals surface area (Å²) in [6.07, 6.45) is 6.91. The average Bonchev–Trinajstić information content (AvgIpc) is 2.93. The van der Waals surface area contributed by atoms with E-state index in [1.54, 1.807) is 24.6 Å². The van der Waals surface area contributed by atoms with E-state index >= 15 is 0 Å². The number of carbonyl (C=O) groups excluding carboxylic acids is 2. The summed E-state index contributed by atoms with van der Waals surface area (Å²) >= 11 is 0. The molecule has 7 nitrogen and oxygen atoms in total. The summed E-state index contributed by atoms with van der Waals surface area (Å²) < 4.78 is 10.7. The largest absolute Gasteiger partial charge is 0.497 e. The van der Waals surface area contributed by atoms with Gasteiger partial charge in [-0.2, -0.15) is 0 Å². The Bertz CT molecular complexity index is 565. The second-order valence-electron chi connectivity index (χ2n) is 5.42. The van der Waals surface area contributed by atoms with E-state index in [0.29, 0.717) is 25.1 Å². The smallest absolute Gasteiger partial charge is 0.250 e. The molecule has 1 aliphatic heterocycles. The van der Waals surface area contributed by atoms with Gasteiger partial charge in [0.25, 0.3) is 0 Å². The van der Waals surface area contributed by atoms with Gasteiger partial charge in [0.2, 0.25) is 11.8 Å². The lowest BCUT2D eigenvalue weighted by molar-refractivity contribution is -0.129. The predicted octanol–water partition coefficient (Wildman–Crippen LogP) is 0.916. The maximum absolute atomic E-state index is 12.3. The quantitative estimate of drug-likeness (QED) is 0.537. The molecule has 0 spiro atoms. The van der Waals surface area contributed by atoms with Crippen LogP contribution in [0.25, 0.3) is 0 Å². The molecule has 0 radical (unpaired) electrons. The minimum atomic E-state index is -0.498. The predicted molar refractivity (Wildman–Crippen MR) is 82.4 cm³/mol. The average molecular weight is 322 g/mol. The van der Waals surface area contributed by atoms with Crippen LogP contribution in [0.4, 0.5) is 0 Å². The number of carbonyl (C=O) groups is 2. The molecule has 1 aliphatic carbocycles. The molecule has 1 atom stereocenters. The fourth-order valence-electron chi connectivity index (χ4n) is 2.66. The van der Waals surface area contributed by atoms with Crippen LogP contribution < -0.4 is 5.48 Å². The van der Waals surface area contributed by atoms with Gasteiger partial charge in [0, 0.05) is 37.8 Å². The van der Waals surface area contributed by atoms with Crippen LogP contribution >= 0.6 is 0 Å². The summed E-state index contributed by atoms with van der Waals surface area (Å²) in [6, 6.07) is 0. The Morgan fingerprint density at radius 2 is 2.17 bits per heavy atom. The highest BCUT2D eigenvalue weighted by molar-refractivity contribution is 5.96. The molecule has 23 heavy (non-hydrogen) atoms. The van der Waals surface area contributed by atoms with Crippen molar-refractivity contribution < 1.29 is 24.3 Å². The van der Waals surface area contributed by atoms with Crippen molar-refractivity contribution in [2.75, 3.05) is 27.3 Å². The minimum absolute atomic E-state index is 0.00587. The van der Waals surface area contributed by atoms with E-state index in [0.717, 1.165) is 17.8 Å². The maximum atomic E-state index is 12.3. The Hall–Kier alpha value is -2.12. The van der Waals surface area contributed by atoms with E-state index in [-0.39, 0.29) is 18.4 Å². The van der Waals surface area contributed by atoms with Crippen molar-refractivity contribution in [3.63, 3.8) is 0 Å². The zero-order chi connectivity index (χ0) is 16.8. The molecule has 0 aromatic heterocycles. The Morgan fingerprint density at radius 3 is 2.83 bits per heavy atom. The first-order valence-corrected chi connectivity index (χ1v) is 7.48. The molecule has 0 saturated heterocycles. The monoisotopic (exact) mass is 322 g/mol. The summed E-state index contributed by atoms with van der Waals surface area (Å²) in [5.41, 5.74) is 3.12. The number of hydrogen-bond donors (Lipinski definition) is 2. The molecule has 1 heterocycles. The summed E-state index contributed by atoms with van der Waals surface area (Å²) in [5, 5.41) is 8.49. The Kier molecular flexibility index (Phi) is 5.95. The number of amides is 2. The lowest BCUT2D eigenvalue weighted by Gasteiger charge is -2.24. The van der Waals surface area contributed by atoms with Crippen LogP contribution in [0, 0.1) is 0 Å². The second kappa shape index (κ2) is 7.94. The third-order valence-corrected chi connectivity index (χ3v) is 4.00. The van der Waals surface area contributed by atoms with Crippen molar-refractivity contribution >= 4 is 11.8 Å². The van der Waals surface area contributed by atoms with Crippen LogP contribution in [-0.4, -0.2) is 55.3 Å². The number of rotatable bonds is 7. The zero-order valence-corrected chi connectivity index (χ0v) is 13.4. The molecule has 2 N–H and O–H groups in total. The molecule has 0 aromatic rings. The van der Waals surface area contributed by atoms with Crippen LogP contribution in [-0.2, 0) is 19.1 Å². The second-order valence-corrected chi connectivity index (χ2v) is 5.42. The molecule has 7 heteroatoms. The number of methoxy groups -OCH3 is 2. The van der Waals surface area contributed by atoms with Crippen molar-refractivity contribution in [1.82, 2.24) is 10.4 Å². The Morgan fingerprint density at radius 1 is 1.39 bits per heavy atom. The summed E-state index contributed by atoms with van der Waals surface area (Å²) in [4.78, 5) is 25.1. The van der Waals surface area contributed by atoms with Crippen molar-refractivity contribution in [1.29, 1.82) is 0 Å². The summed E-state index contributed by atoms with van der Waals surface area (Å²) in [6.45, 7) is 0.970. The first-order valence-electron chi connectivity index (χ1n) is 7.48. The topological polar surface area (TPSA) is 88.1 Å². The van der Waals surface area contributed by atoms with E-state index in [9.17, 15) is 9.59 Å². The third-order valence-electron chi connectivity index (χ3n) is 4.00. The van der Waals surface area contributed by atoms with Gasteiger partial charge in [-0.05, 0) is 18.9 Å². The Labute approximate surface area is 135 Å². The molecule has 2 amide bonds.